The van der Waals surface area contributed by atoms with Gasteiger partial charge in [-0.15, -0.1) is 0 Å². The van der Waals surface area contributed by atoms with Gasteiger partial charge < -0.3 is 42.6 Å². The van der Waals surface area contributed by atoms with Gasteiger partial charge in [0.1, 0.15) is 108 Å². The number of nitro benzene ring substituents is 1. The minimum absolute atomic E-state index is 0.0822. The Morgan fingerprint density at radius 3 is 0.950 bits per heavy atom. The Balaban J connectivity index is 0.000000146. The van der Waals surface area contributed by atoms with Crippen molar-refractivity contribution in [3.05, 3.63) is 343 Å². The highest BCUT2D eigenvalue weighted by Crippen LogP contribution is 2.47. The van der Waals surface area contributed by atoms with Crippen molar-refractivity contribution in [1.82, 2.24) is 0 Å². The number of nitrogens with zero attached hydrogens (tertiary/aromatic N) is 10. The van der Waals surface area contributed by atoms with Crippen molar-refractivity contribution < 1.29 is 84.2 Å². The smallest absolute Gasteiger partial charge is 0.286 e. The van der Waals surface area contributed by atoms with Gasteiger partial charge in [-0.05, 0) is 206 Å². The van der Waals surface area contributed by atoms with E-state index in [1.54, 1.807) is 7.11 Å². The lowest BCUT2D eigenvalue weighted by Crippen LogP contribution is -2.28. The van der Waals surface area contributed by atoms with Crippen molar-refractivity contribution in [2.45, 2.75) is 178 Å². The average molecular weight is 1890 g/mol. The summed E-state index contributed by atoms with van der Waals surface area (Å²) in [4.78, 5) is 13.7. The Kier molecular flexibility index (Phi) is 33.5. The number of hydrogen-bond acceptors (Lipinski definition) is 11. The van der Waals surface area contributed by atoms with Crippen LogP contribution in [0.1, 0.15) is 229 Å². The SMILES string of the molecule is CCC(C)(C)c1cc2c(c(C(C)(C)CC)c1)OC[N+](C)=C2.COc1cc(C)c2c(c1)C=[N+](C)CO2.C[N+]1=Cc2cc(C(C)(C)c3ccccc3)cc(C(C)(C)c3ccccc3)c2OC1.Cc1cc(C)c2c(c1)C=[N+](C)CO2.Cc1cc(C)c2c(c1)C=[N+](C)CO2.Cc1cc([N+](=O)[O-])cc2c1OC[N+](C)=C2.Cc1cc2c(c(C(C)(C)c3ccccc3)c1)OC[N+](C)=C2.[C-]#[N+]c1cc(C)c2c(c1)C=[N+](C)CO2. The molecule has 21 heteroatoms. The van der Waals surface area contributed by atoms with Gasteiger partial charge in [-0.25, -0.2) is 41.4 Å². The van der Waals surface area contributed by atoms with Gasteiger partial charge in [0.25, 0.3) is 59.5 Å². The van der Waals surface area contributed by atoms with Gasteiger partial charge in [0, 0.05) is 45.1 Å². The van der Waals surface area contributed by atoms with Crippen molar-refractivity contribution >= 4 is 61.1 Å². The van der Waals surface area contributed by atoms with E-state index in [0.717, 1.165) is 104 Å². The maximum absolute atomic E-state index is 10.7. The first-order chi connectivity index (χ1) is 66.3. The number of ether oxygens (including phenoxy) is 9. The van der Waals surface area contributed by atoms with Crippen LogP contribution in [0.3, 0.4) is 0 Å². The Morgan fingerprint density at radius 2 is 0.593 bits per heavy atom. The summed E-state index contributed by atoms with van der Waals surface area (Å²) in [5.74, 6) is 8.63. The fourth-order valence-electron chi connectivity index (χ4n) is 18.1. The first-order valence-corrected chi connectivity index (χ1v) is 48.2. The maximum Gasteiger partial charge on any atom is 0.286 e. The number of rotatable bonds is 12. The van der Waals surface area contributed by atoms with E-state index in [9.17, 15) is 10.1 Å². The predicted octanol–water partition coefficient (Wildman–Crippen LogP) is 22.1. The topological polar surface area (TPSA) is 155 Å². The van der Waals surface area contributed by atoms with Gasteiger partial charge in [-0.3, -0.25) is 10.1 Å². The molecule has 0 saturated heterocycles. The summed E-state index contributed by atoms with van der Waals surface area (Å²) in [6.07, 6.45) is 19.0. The third-order valence-corrected chi connectivity index (χ3v) is 26.8. The van der Waals surface area contributed by atoms with Gasteiger partial charge in [0.05, 0.1) is 63.1 Å². The van der Waals surface area contributed by atoms with Crippen LogP contribution in [0, 0.1) is 72.1 Å². The van der Waals surface area contributed by atoms with E-state index < -0.39 is 4.92 Å². The van der Waals surface area contributed by atoms with E-state index in [2.05, 4.69) is 339 Å². The molecule has 0 spiro atoms. The van der Waals surface area contributed by atoms with E-state index in [1.807, 2.05) is 123 Å². The molecule has 8 aliphatic rings. The van der Waals surface area contributed by atoms with E-state index >= 15 is 0 Å². The fourth-order valence-corrected chi connectivity index (χ4v) is 18.1. The van der Waals surface area contributed by atoms with Crippen LogP contribution in [0.4, 0.5) is 11.4 Å². The molecule has 140 heavy (non-hydrogen) atoms. The summed E-state index contributed by atoms with van der Waals surface area (Å²) in [6.45, 7) is 55.6. The number of hydrogen-bond donors (Lipinski definition) is 0. The molecule has 11 aromatic carbocycles. The summed E-state index contributed by atoms with van der Waals surface area (Å²) < 4.78 is 67.5. The standard InChI is InChI=1S/C27H30NO.C19H22NO.C19H30NO.C11H11N2O.C11H14NO2.2C11H14NO.C10H11N2O3/c1-26(2,21-12-8-6-9-13-21)23-16-20-18-28(5)19-29-25(20)24(17-23)27(3,4)22-14-10-7-11-15-22;1-14-10-15-12-20(4)13-21-18(15)17(11-14)19(2,3)16-8-6-5-7-9-16;1-8-18(3,4)15-10-14-12-20(7)13-21-17(14)16(11-15)19(5,6)9-2;1-8-4-10(12-2)5-9-6-13(3)7-14-11(8)9;1-8-4-10(13-3)5-9-6-12(2)7-14-11(8)9;2*1-8-4-9(2)11-10(5-8)6-12(3)7-13-11;1-7-3-9(12(13)14)4-8-5-11(2)6-15-10(7)8/h6-18H,19H2,1-5H3;5-12H,13H2,1-4H3;10-12H,8-9,13H2,1-7H3;4-6H,7H2,1,3H3;4-6H,7H2,1-3H3;2*4-6H,7H2,1-3H3;3-5H,6H2,1-2H3/q8*+1. The Bertz CT molecular complexity index is 6690. The lowest BCUT2D eigenvalue weighted by Gasteiger charge is -2.33. The molecule has 19 rings (SSSR count). The van der Waals surface area contributed by atoms with Gasteiger partial charge in [-0.1, -0.05) is 204 Å². The van der Waals surface area contributed by atoms with Gasteiger partial charge in [0.2, 0.25) is 0 Å². The summed E-state index contributed by atoms with van der Waals surface area (Å²) in [6, 6.07) is 65.2. The molecule has 0 aromatic heterocycles. The highest BCUT2D eigenvalue weighted by molar-refractivity contribution is 5.88. The van der Waals surface area contributed by atoms with Gasteiger partial charge >= 0.3 is 0 Å². The molecule has 0 radical (unpaired) electrons. The fraction of sp³-hybridized carbons (Fsp3) is 0.370. The quantitative estimate of drug-likeness (QED) is 0.0497. The van der Waals surface area contributed by atoms with Crippen LogP contribution in [0.15, 0.2) is 188 Å². The normalized spacial score (nSPS) is 14.3. The van der Waals surface area contributed by atoms with Crippen molar-refractivity contribution in [2.24, 2.45) is 0 Å². The van der Waals surface area contributed by atoms with E-state index in [-0.39, 0.29) is 32.8 Å². The Morgan fingerprint density at radius 1 is 0.314 bits per heavy atom. The van der Waals surface area contributed by atoms with Crippen LogP contribution in [-0.2, 0) is 27.1 Å². The predicted molar refractivity (Wildman–Crippen MR) is 566 cm³/mol. The van der Waals surface area contributed by atoms with Crippen LogP contribution < -0.4 is 42.6 Å². The molecule has 21 nitrogen and oxygen atoms in total. The number of fused-ring (bicyclic) bond motifs is 8. The zero-order chi connectivity index (χ0) is 102. The minimum atomic E-state index is -0.393. The molecule has 11 aromatic rings. The molecule has 0 unspecified atom stereocenters. The second-order valence-corrected chi connectivity index (χ2v) is 40.9. The van der Waals surface area contributed by atoms with Gasteiger partial charge in [0.15, 0.2) is 55.4 Å². The van der Waals surface area contributed by atoms with Crippen LogP contribution in [0.2, 0.25) is 0 Å². The van der Waals surface area contributed by atoms with E-state index in [1.165, 1.54) is 107 Å². The summed E-state index contributed by atoms with van der Waals surface area (Å²) in [5.41, 5.74) is 29.2. The first kappa shape index (κ1) is 105. The second kappa shape index (κ2) is 44.8. The zero-order valence-corrected chi connectivity index (χ0v) is 88.1. The number of benzene rings is 11. The third kappa shape index (κ3) is 25.3. The summed E-state index contributed by atoms with van der Waals surface area (Å²) >= 11 is 0. The highest BCUT2D eigenvalue weighted by Gasteiger charge is 2.37. The van der Waals surface area contributed by atoms with Crippen LogP contribution in [-0.4, -0.2) is 209 Å². The van der Waals surface area contributed by atoms with E-state index in [0.29, 0.717) is 59.5 Å². The maximum atomic E-state index is 10.7. The number of methoxy groups -OCH3 is 1. The minimum Gasteiger partial charge on any atom is -0.497 e. The third-order valence-electron chi connectivity index (χ3n) is 26.8. The van der Waals surface area contributed by atoms with Crippen LogP contribution in [0.25, 0.3) is 4.85 Å². The summed E-state index contributed by atoms with van der Waals surface area (Å²) in [7, 11) is 17.6. The Labute approximate surface area is 830 Å². The molecular weight excluding hydrogens is 1750 g/mol. The lowest BCUT2D eigenvalue weighted by molar-refractivity contribution is -0.528. The monoisotopic (exact) mass is 1890 g/mol. The largest absolute Gasteiger partial charge is 0.497 e. The molecule has 0 atom stereocenters. The molecular formula is C119H146N10O11+8. The lowest BCUT2D eigenvalue weighted by atomic mass is 9.72. The Hall–Kier alpha value is -14.1. The molecule has 0 aliphatic carbocycles. The number of nitro groups is 1. The number of non-ortho nitro benzene ring substituents is 1. The molecule has 730 valence electrons. The first-order valence-electron chi connectivity index (χ1n) is 48.2. The van der Waals surface area contributed by atoms with Gasteiger partial charge in [-0.2, -0.15) is 0 Å². The number of aryl methyl sites for hydroxylation is 8. The van der Waals surface area contributed by atoms with Crippen molar-refractivity contribution in [3.63, 3.8) is 0 Å². The second-order valence-electron chi connectivity index (χ2n) is 40.9. The molecule has 0 bridgehead atoms. The van der Waals surface area contributed by atoms with Crippen molar-refractivity contribution in [1.29, 1.82) is 0 Å². The summed E-state index contributed by atoms with van der Waals surface area (Å²) in [5, 5.41) is 10.7. The highest BCUT2D eigenvalue weighted by atomic mass is 16.6. The van der Waals surface area contributed by atoms with Crippen molar-refractivity contribution in [3.8, 4) is 51.7 Å². The molecule has 0 N–H and O–H groups in total. The van der Waals surface area contributed by atoms with Crippen LogP contribution >= 0.6 is 0 Å². The zero-order valence-electron chi connectivity index (χ0n) is 88.1. The van der Waals surface area contributed by atoms with Crippen LogP contribution in [0.5, 0.6) is 51.7 Å². The molecule has 0 amide bonds. The molecule has 0 fully saturated rings. The molecule has 8 heterocycles. The van der Waals surface area contributed by atoms with Crippen molar-refractivity contribution in [2.75, 3.05) is 117 Å². The average Bonchev–Trinajstić information content (AvgIpc) is 0.767. The molecule has 8 aliphatic heterocycles. The molecule has 0 saturated carbocycles. The van der Waals surface area contributed by atoms with E-state index in [4.69, 9.17) is 49.2 Å².